The van der Waals surface area contributed by atoms with E-state index in [0.29, 0.717) is 23.6 Å². The van der Waals surface area contributed by atoms with E-state index in [2.05, 4.69) is 10.1 Å². The average molecular weight is 325 g/mol. The molecule has 2 heterocycles. The van der Waals surface area contributed by atoms with E-state index < -0.39 is 9.84 Å². The van der Waals surface area contributed by atoms with Crippen molar-refractivity contribution in [3.05, 3.63) is 11.7 Å². The first kappa shape index (κ1) is 14.2. The van der Waals surface area contributed by atoms with E-state index in [-0.39, 0.29) is 36.9 Å². The number of carbonyl (C=O) groups excluding carboxylic acids is 1. The second kappa shape index (κ2) is 5.04. The van der Waals surface area contributed by atoms with E-state index >= 15 is 0 Å². The van der Waals surface area contributed by atoms with E-state index in [1.165, 1.54) is 12.8 Å². The molecular weight excluding hydrogens is 306 g/mol. The Kier molecular flexibility index (Phi) is 3.25. The number of carbonyl (C=O) groups is 1. The van der Waals surface area contributed by atoms with Crippen LogP contribution < -0.4 is 0 Å². The van der Waals surface area contributed by atoms with E-state index in [1.807, 2.05) is 0 Å². The van der Waals surface area contributed by atoms with E-state index in [9.17, 15) is 13.2 Å². The van der Waals surface area contributed by atoms with Gasteiger partial charge in [-0.1, -0.05) is 5.16 Å². The lowest BCUT2D eigenvalue weighted by Gasteiger charge is -2.26. The van der Waals surface area contributed by atoms with Crippen LogP contribution in [0.4, 0.5) is 0 Å². The van der Waals surface area contributed by atoms with Crippen LogP contribution in [0, 0.1) is 11.8 Å². The van der Waals surface area contributed by atoms with Crippen LogP contribution in [0.3, 0.4) is 0 Å². The van der Waals surface area contributed by atoms with Gasteiger partial charge >= 0.3 is 0 Å². The SMILES string of the molecule is O=C(Cc1noc([C@H]2C[C@@H]2C2CC2)n1)N1CCS(=O)(=O)CC1. The molecule has 0 spiro atoms. The van der Waals surface area contributed by atoms with Gasteiger partial charge in [0.1, 0.15) is 0 Å². The molecule has 0 bridgehead atoms. The molecule has 4 rings (SSSR count). The molecule has 1 aromatic rings. The molecule has 7 nitrogen and oxygen atoms in total. The number of nitrogens with zero attached hydrogens (tertiary/aromatic N) is 3. The highest BCUT2D eigenvalue weighted by Crippen LogP contribution is 2.58. The Labute approximate surface area is 129 Å². The van der Waals surface area contributed by atoms with Crippen molar-refractivity contribution in [2.24, 2.45) is 11.8 Å². The molecule has 1 aliphatic heterocycles. The van der Waals surface area contributed by atoms with Crippen molar-refractivity contribution in [2.45, 2.75) is 31.6 Å². The van der Waals surface area contributed by atoms with Crippen molar-refractivity contribution in [2.75, 3.05) is 24.6 Å². The minimum atomic E-state index is -2.97. The zero-order valence-electron chi connectivity index (χ0n) is 12.3. The number of aromatic nitrogens is 2. The predicted octanol–water partition coefficient (Wildman–Crippen LogP) is 0.383. The second-order valence-corrected chi connectivity index (χ2v) is 8.91. The maximum absolute atomic E-state index is 12.2. The van der Waals surface area contributed by atoms with Gasteiger partial charge in [0.25, 0.3) is 0 Å². The van der Waals surface area contributed by atoms with Crippen LogP contribution in [-0.4, -0.2) is 54.0 Å². The molecule has 1 amide bonds. The molecule has 22 heavy (non-hydrogen) atoms. The Morgan fingerprint density at radius 2 is 2.00 bits per heavy atom. The summed E-state index contributed by atoms with van der Waals surface area (Å²) < 4.78 is 28.0. The topological polar surface area (TPSA) is 93.4 Å². The van der Waals surface area contributed by atoms with Crippen LogP contribution >= 0.6 is 0 Å². The normalized spacial score (nSPS) is 30.3. The fourth-order valence-corrected chi connectivity index (χ4v) is 4.44. The number of rotatable bonds is 4. The van der Waals surface area contributed by atoms with Gasteiger partial charge < -0.3 is 9.42 Å². The van der Waals surface area contributed by atoms with Gasteiger partial charge in [-0.15, -0.1) is 0 Å². The molecule has 0 N–H and O–H groups in total. The first-order valence-electron chi connectivity index (χ1n) is 7.82. The number of hydrogen-bond donors (Lipinski definition) is 0. The molecule has 0 radical (unpaired) electrons. The lowest BCUT2D eigenvalue weighted by Crippen LogP contribution is -2.44. The Hall–Kier alpha value is -1.44. The summed E-state index contributed by atoms with van der Waals surface area (Å²) in [6.07, 6.45) is 3.85. The van der Waals surface area contributed by atoms with Gasteiger partial charge in [-0.2, -0.15) is 4.98 Å². The molecule has 1 aromatic heterocycles. The molecule has 3 aliphatic rings. The summed E-state index contributed by atoms with van der Waals surface area (Å²) in [5.41, 5.74) is 0. The third kappa shape index (κ3) is 2.88. The lowest BCUT2D eigenvalue weighted by atomic mass is 10.2. The zero-order valence-corrected chi connectivity index (χ0v) is 13.1. The van der Waals surface area contributed by atoms with Crippen molar-refractivity contribution in [1.29, 1.82) is 0 Å². The molecule has 2 atom stereocenters. The molecule has 3 fully saturated rings. The second-order valence-electron chi connectivity index (χ2n) is 6.60. The molecular formula is C14H19N3O4S. The van der Waals surface area contributed by atoms with Gasteiger partial charge in [0, 0.05) is 19.0 Å². The third-order valence-electron chi connectivity index (χ3n) is 4.87. The van der Waals surface area contributed by atoms with Crippen molar-refractivity contribution in [3.8, 4) is 0 Å². The summed E-state index contributed by atoms with van der Waals surface area (Å²) in [5, 5.41) is 3.90. The van der Waals surface area contributed by atoms with Gasteiger partial charge in [0.05, 0.1) is 17.9 Å². The standard InChI is InChI=1S/C14H19N3O4S/c18-13(17-3-5-22(19,20)6-4-17)8-12-15-14(21-16-12)11-7-10(11)9-1-2-9/h9-11H,1-8H2/t10-,11+/m1/s1. The van der Waals surface area contributed by atoms with E-state index in [4.69, 9.17) is 4.52 Å². The van der Waals surface area contributed by atoms with Crippen LogP contribution in [0.15, 0.2) is 4.52 Å². The fraction of sp³-hybridized carbons (Fsp3) is 0.786. The van der Waals surface area contributed by atoms with Crippen LogP contribution in [0.1, 0.15) is 36.9 Å². The van der Waals surface area contributed by atoms with E-state index in [1.54, 1.807) is 4.90 Å². The Balaban J connectivity index is 1.33. The summed E-state index contributed by atoms with van der Waals surface area (Å²) in [4.78, 5) is 18.1. The number of amides is 1. The Morgan fingerprint density at radius 1 is 1.27 bits per heavy atom. The van der Waals surface area contributed by atoms with Gasteiger partial charge in [0.15, 0.2) is 15.7 Å². The number of sulfone groups is 1. The number of hydrogen-bond acceptors (Lipinski definition) is 6. The van der Waals surface area contributed by atoms with Gasteiger partial charge in [-0.3, -0.25) is 4.79 Å². The highest BCUT2D eigenvalue weighted by atomic mass is 32.2. The van der Waals surface area contributed by atoms with Crippen LogP contribution in [-0.2, 0) is 21.1 Å². The first-order chi connectivity index (χ1) is 10.5. The van der Waals surface area contributed by atoms with Crippen LogP contribution in [0.25, 0.3) is 0 Å². The molecule has 120 valence electrons. The molecule has 1 saturated heterocycles. The van der Waals surface area contributed by atoms with Crippen molar-refractivity contribution < 1.29 is 17.7 Å². The summed E-state index contributed by atoms with van der Waals surface area (Å²) in [6.45, 7) is 0.524. The van der Waals surface area contributed by atoms with Crippen LogP contribution in [0.2, 0.25) is 0 Å². The van der Waals surface area contributed by atoms with Crippen molar-refractivity contribution >= 4 is 15.7 Å². The highest BCUT2D eigenvalue weighted by molar-refractivity contribution is 7.91. The fourth-order valence-electron chi connectivity index (χ4n) is 3.24. The van der Waals surface area contributed by atoms with Crippen LogP contribution in [0.5, 0.6) is 0 Å². The minimum Gasteiger partial charge on any atom is -0.340 e. The largest absolute Gasteiger partial charge is 0.340 e. The molecule has 2 saturated carbocycles. The quantitative estimate of drug-likeness (QED) is 0.794. The molecule has 2 aliphatic carbocycles. The first-order valence-corrected chi connectivity index (χ1v) is 9.65. The van der Waals surface area contributed by atoms with Gasteiger partial charge in [-0.05, 0) is 31.1 Å². The highest BCUT2D eigenvalue weighted by Gasteiger charge is 2.50. The smallest absolute Gasteiger partial charge is 0.230 e. The summed E-state index contributed by atoms with van der Waals surface area (Å²) in [5.74, 6) is 2.98. The summed E-state index contributed by atoms with van der Waals surface area (Å²) in [6, 6.07) is 0. The molecule has 8 heteroatoms. The molecule has 0 aromatic carbocycles. The van der Waals surface area contributed by atoms with Gasteiger partial charge in [0.2, 0.25) is 11.8 Å². The zero-order chi connectivity index (χ0) is 15.3. The average Bonchev–Trinajstić information content (AvgIpc) is 3.37. The minimum absolute atomic E-state index is 0.0430. The summed E-state index contributed by atoms with van der Waals surface area (Å²) in [7, 11) is -2.97. The molecule has 0 unspecified atom stereocenters. The predicted molar refractivity (Wildman–Crippen MR) is 76.8 cm³/mol. The van der Waals surface area contributed by atoms with Gasteiger partial charge in [-0.25, -0.2) is 8.42 Å². The monoisotopic (exact) mass is 325 g/mol. The third-order valence-corrected chi connectivity index (χ3v) is 6.48. The maximum atomic E-state index is 12.2. The van der Waals surface area contributed by atoms with Crippen molar-refractivity contribution in [3.63, 3.8) is 0 Å². The van der Waals surface area contributed by atoms with E-state index in [0.717, 1.165) is 12.3 Å². The lowest BCUT2D eigenvalue weighted by molar-refractivity contribution is -0.130. The van der Waals surface area contributed by atoms with Crippen molar-refractivity contribution in [1.82, 2.24) is 15.0 Å². The Bertz CT molecular complexity index is 681. The maximum Gasteiger partial charge on any atom is 0.230 e. The Morgan fingerprint density at radius 3 is 2.68 bits per heavy atom. The summed E-state index contributed by atoms with van der Waals surface area (Å²) >= 11 is 0.